The van der Waals surface area contributed by atoms with E-state index in [1.807, 2.05) is 30.3 Å². The second-order valence-electron chi connectivity index (χ2n) is 15.1. The van der Waals surface area contributed by atoms with Crippen LogP contribution in [0.4, 0.5) is 0 Å². The van der Waals surface area contributed by atoms with Crippen LogP contribution >= 0.6 is 0 Å². The molecule has 0 fully saturated rings. The predicted octanol–water partition coefficient (Wildman–Crippen LogP) is 14.7. The van der Waals surface area contributed by atoms with E-state index in [4.69, 9.17) is 19.4 Å². The molecular weight excluding hydrogens is 719 g/mol. The van der Waals surface area contributed by atoms with Gasteiger partial charge in [-0.25, -0.2) is 15.0 Å². The van der Waals surface area contributed by atoms with Crippen LogP contribution in [0.1, 0.15) is 0 Å². The number of furan rings is 1. The van der Waals surface area contributed by atoms with Crippen molar-refractivity contribution in [2.45, 2.75) is 0 Å². The van der Waals surface area contributed by atoms with Crippen LogP contribution < -0.4 is 0 Å². The Balaban J connectivity index is 1.00. The molecule has 4 heteroatoms. The van der Waals surface area contributed by atoms with Gasteiger partial charge in [-0.05, 0) is 89.6 Å². The van der Waals surface area contributed by atoms with Crippen LogP contribution in [-0.2, 0) is 0 Å². The predicted molar refractivity (Wildman–Crippen MR) is 244 cm³/mol. The van der Waals surface area contributed by atoms with Gasteiger partial charge < -0.3 is 4.42 Å². The fourth-order valence-corrected chi connectivity index (χ4v) is 8.86. The molecular formula is C55H33N3O. The molecule has 0 unspecified atom stereocenters. The summed E-state index contributed by atoms with van der Waals surface area (Å²) < 4.78 is 6.49. The zero-order chi connectivity index (χ0) is 38.9. The monoisotopic (exact) mass is 751 g/mol. The van der Waals surface area contributed by atoms with Gasteiger partial charge in [-0.1, -0.05) is 176 Å². The minimum Gasteiger partial charge on any atom is -0.455 e. The molecule has 10 aromatic carbocycles. The molecule has 0 spiro atoms. The molecule has 0 aliphatic rings. The van der Waals surface area contributed by atoms with E-state index in [1.165, 1.54) is 54.2 Å². The molecule has 4 nitrogen and oxygen atoms in total. The standard InChI is InChI=1S/C55H33N3O/c1-3-14-40-38(12-1)32-49(44-18-7-5-16-42(40)44)34-24-28-36(29-25-34)53-56-54(58-55(57-53)48-22-11-21-47-46-20-9-10-23-51(46)59-52(47)48)37-30-26-35(27-31-37)50-33-39-13-2-4-15-41(39)43-17-6-8-19-45(43)50/h1-33H. The number of rotatable bonds is 5. The smallest absolute Gasteiger partial charge is 0.167 e. The minimum atomic E-state index is 0.559. The van der Waals surface area contributed by atoms with Crippen molar-refractivity contribution in [2.75, 3.05) is 0 Å². The first-order valence-corrected chi connectivity index (χ1v) is 19.9. The summed E-state index contributed by atoms with van der Waals surface area (Å²) in [6.07, 6.45) is 0. The third-order valence-electron chi connectivity index (χ3n) is 11.7. The Morgan fingerprint density at radius 2 is 0.678 bits per heavy atom. The molecule has 0 atom stereocenters. The SMILES string of the molecule is c1ccc2c(c1)cc(-c1ccc(-c3nc(-c4ccc(-c5cc6ccccc6c6ccccc56)cc4)nc(-c4cccc5c4oc4ccccc45)n3)cc1)c1ccccc12. The van der Waals surface area contributed by atoms with Crippen LogP contribution in [-0.4, -0.2) is 15.0 Å². The summed E-state index contributed by atoms with van der Waals surface area (Å²) in [4.78, 5) is 15.5. The van der Waals surface area contributed by atoms with E-state index in [-0.39, 0.29) is 0 Å². The quantitative estimate of drug-likeness (QED) is 0.164. The molecule has 12 aromatic rings. The fourth-order valence-electron chi connectivity index (χ4n) is 8.86. The Hall–Kier alpha value is -7.95. The lowest BCUT2D eigenvalue weighted by Crippen LogP contribution is -2.00. The molecule has 12 rings (SSSR count). The lowest BCUT2D eigenvalue weighted by Gasteiger charge is -2.13. The second-order valence-corrected chi connectivity index (χ2v) is 15.1. The first-order chi connectivity index (χ1) is 29.2. The van der Waals surface area contributed by atoms with E-state index in [1.54, 1.807) is 0 Å². The Kier molecular flexibility index (Phi) is 7.50. The van der Waals surface area contributed by atoms with Crippen LogP contribution in [0.3, 0.4) is 0 Å². The Bertz CT molecular complexity index is 3420. The summed E-state index contributed by atoms with van der Waals surface area (Å²) in [5.74, 6) is 1.75. The van der Waals surface area contributed by atoms with Crippen LogP contribution in [0.2, 0.25) is 0 Å². The summed E-state index contributed by atoms with van der Waals surface area (Å²) in [6.45, 7) is 0. The maximum atomic E-state index is 6.49. The van der Waals surface area contributed by atoms with Gasteiger partial charge in [-0.15, -0.1) is 0 Å². The first kappa shape index (κ1) is 33.2. The minimum absolute atomic E-state index is 0.559. The lowest BCUT2D eigenvalue weighted by atomic mass is 9.93. The molecule has 274 valence electrons. The van der Waals surface area contributed by atoms with Crippen molar-refractivity contribution in [3.63, 3.8) is 0 Å². The summed E-state index contributed by atoms with van der Waals surface area (Å²) in [5.41, 5.74) is 8.87. The van der Waals surface area contributed by atoms with Crippen molar-refractivity contribution < 1.29 is 4.42 Å². The molecule has 2 aromatic heterocycles. The molecule has 0 aliphatic carbocycles. The number of hydrogen-bond donors (Lipinski definition) is 0. The van der Waals surface area contributed by atoms with Crippen LogP contribution in [0.15, 0.2) is 205 Å². The molecule has 0 aliphatic heterocycles. The Morgan fingerprint density at radius 3 is 1.22 bits per heavy atom. The summed E-state index contributed by atoms with van der Waals surface area (Å²) in [7, 11) is 0. The molecule has 2 heterocycles. The number of aromatic nitrogens is 3. The molecule has 0 saturated heterocycles. The van der Waals surface area contributed by atoms with Gasteiger partial charge in [0.15, 0.2) is 17.5 Å². The molecule has 0 amide bonds. The van der Waals surface area contributed by atoms with E-state index in [9.17, 15) is 0 Å². The average Bonchev–Trinajstić information content (AvgIpc) is 3.70. The van der Waals surface area contributed by atoms with Gasteiger partial charge in [0, 0.05) is 21.9 Å². The number of para-hydroxylation sites is 2. The van der Waals surface area contributed by atoms with E-state index in [0.717, 1.165) is 49.8 Å². The Labute approximate surface area is 339 Å². The number of hydrogen-bond acceptors (Lipinski definition) is 4. The highest BCUT2D eigenvalue weighted by Crippen LogP contribution is 2.39. The molecule has 0 bridgehead atoms. The van der Waals surface area contributed by atoms with Crippen molar-refractivity contribution in [3.8, 4) is 56.4 Å². The largest absolute Gasteiger partial charge is 0.455 e. The van der Waals surface area contributed by atoms with Gasteiger partial charge in [0.1, 0.15) is 11.2 Å². The van der Waals surface area contributed by atoms with Crippen LogP contribution in [0.5, 0.6) is 0 Å². The highest BCUT2D eigenvalue weighted by atomic mass is 16.3. The normalized spacial score (nSPS) is 11.7. The highest BCUT2D eigenvalue weighted by Gasteiger charge is 2.19. The van der Waals surface area contributed by atoms with Crippen molar-refractivity contribution in [1.29, 1.82) is 0 Å². The molecule has 0 saturated carbocycles. The van der Waals surface area contributed by atoms with Crippen LogP contribution in [0, 0.1) is 0 Å². The van der Waals surface area contributed by atoms with Crippen molar-refractivity contribution in [2.24, 2.45) is 0 Å². The third-order valence-corrected chi connectivity index (χ3v) is 11.7. The number of nitrogens with zero attached hydrogens (tertiary/aromatic N) is 3. The van der Waals surface area contributed by atoms with E-state index >= 15 is 0 Å². The van der Waals surface area contributed by atoms with Gasteiger partial charge in [0.05, 0.1) is 5.56 Å². The molecule has 0 radical (unpaired) electrons. The fraction of sp³-hybridized carbons (Fsp3) is 0. The van der Waals surface area contributed by atoms with Crippen molar-refractivity contribution in [3.05, 3.63) is 200 Å². The maximum absolute atomic E-state index is 6.49. The van der Waals surface area contributed by atoms with Gasteiger partial charge in [0.2, 0.25) is 0 Å². The van der Waals surface area contributed by atoms with E-state index < -0.39 is 0 Å². The second kappa shape index (κ2) is 13.3. The first-order valence-electron chi connectivity index (χ1n) is 19.9. The van der Waals surface area contributed by atoms with E-state index in [2.05, 4.69) is 170 Å². The van der Waals surface area contributed by atoms with Crippen molar-refractivity contribution >= 4 is 65.0 Å². The maximum Gasteiger partial charge on any atom is 0.167 e. The van der Waals surface area contributed by atoms with E-state index in [0.29, 0.717) is 17.5 Å². The van der Waals surface area contributed by atoms with Gasteiger partial charge >= 0.3 is 0 Å². The topological polar surface area (TPSA) is 51.8 Å². The molecule has 0 N–H and O–H groups in total. The average molecular weight is 752 g/mol. The Morgan fingerprint density at radius 1 is 0.271 bits per heavy atom. The third kappa shape index (κ3) is 5.49. The van der Waals surface area contributed by atoms with Crippen molar-refractivity contribution in [1.82, 2.24) is 15.0 Å². The number of benzene rings is 10. The zero-order valence-corrected chi connectivity index (χ0v) is 31.8. The summed E-state index contributed by atoms with van der Waals surface area (Å²) in [5, 5.41) is 12.0. The summed E-state index contributed by atoms with van der Waals surface area (Å²) in [6, 6.07) is 70.6. The van der Waals surface area contributed by atoms with Crippen LogP contribution in [0.25, 0.3) is 121 Å². The zero-order valence-electron chi connectivity index (χ0n) is 31.8. The number of fused-ring (bicyclic) bond motifs is 9. The molecule has 59 heavy (non-hydrogen) atoms. The van der Waals surface area contributed by atoms with Gasteiger partial charge in [-0.3, -0.25) is 0 Å². The lowest BCUT2D eigenvalue weighted by molar-refractivity contribution is 0.669. The summed E-state index contributed by atoms with van der Waals surface area (Å²) >= 11 is 0. The highest BCUT2D eigenvalue weighted by molar-refractivity contribution is 6.15. The van der Waals surface area contributed by atoms with Gasteiger partial charge in [0.25, 0.3) is 0 Å². The van der Waals surface area contributed by atoms with Gasteiger partial charge in [-0.2, -0.15) is 0 Å².